The van der Waals surface area contributed by atoms with Crippen LogP contribution in [0.15, 0.2) is 75.0 Å². The summed E-state index contributed by atoms with van der Waals surface area (Å²) in [5.41, 5.74) is 1.90. The topological polar surface area (TPSA) is 129 Å². The van der Waals surface area contributed by atoms with Gasteiger partial charge in [-0.1, -0.05) is 47.5 Å². The largest absolute Gasteiger partial charge is 0.477 e. The Morgan fingerprint density at radius 1 is 1.21 bits per heavy atom. The summed E-state index contributed by atoms with van der Waals surface area (Å²) in [5.74, 6) is -0.0845. The molecule has 1 atom stereocenters. The van der Waals surface area contributed by atoms with Gasteiger partial charge in [0.05, 0.1) is 22.0 Å². The molecular formula is C28H26BrN5O5. The first-order chi connectivity index (χ1) is 18.7. The molecule has 0 radical (unpaired) electrons. The van der Waals surface area contributed by atoms with Crippen LogP contribution in [-0.2, 0) is 4.79 Å². The van der Waals surface area contributed by atoms with Crippen LogP contribution in [0.4, 0.5) is 11.4 Å². The molecule has 0 saturated heterocycles. The van der Waals surface area contributed by atoms with Gasteiger partial charge >= 0.3 is 5.69 Å². The third-order valence-corrected chi connectivity index (χ3v) is 6.58. The summed E-state index contributed by atoms with van der Waals surface area (Å²) in [6.07, 6.45) is 2.10. The van der Waals surface area contributed by atoms with Crippen LogP contribution in [0.25, 0.3) is 10.9 Å². The van der Waals surface area contributed by atoms with Gasteiger partial charge < -0.3 is 10.1 Å². The van der Waals surface area contributed by atoms with E-state index < -0.39 is 17.4 Å². The van der Waals surface area contributed by atoms with Gasteiger partial charge in [0.2, 0.25) is 0 Å². The molecule has 0 aliphatic carbocycles. The Morgan fingerprint density at radius 3 is 2.64 bits per heavy atom. The molecule has 11 heteroatoms. The molecule has 0 saturated carbocycles. The van der Waals surface area contributed by atoms with E-state index in [0.717, 1.165) is 16.5 Å². The smallest absolute Gasteiger partial charge is 0.311 e. The molecule has 1 amide bonds. The Labute approximate surface area is 232 Å². The van der Waals surface area contributed by atoms with E-state index in [4.69, 9.17) is 4.74 Å². The van der Waals surface area contributed by atoms with E-state index in [1.54, 1.807) is 30.3 Å². The van der Waals surface area contributed by atoms with E-state index in [1.165, 1.54) is 23.0 Å². The minimum absolute atomic E-state index is 0.0564. The molecule has 0 aliphatic rings. The predicted octanol–water partition coefficient (Wildman–Crippen LogP) is 5.79. The summed E-state index contributed by atoms with van der Waals surface area (Å²) >= 11 is 3.38. The lowest BCUT2D eigenvalue weighted by Crippen LogP contribution is -2.23. The Morgan fingerprint density at radius 2 is 1.95 bits per heavy atom. The standard InChI is InChI=1S/C28H26BrN5O5/c1-4-18(3)27-32-23-11-8-20(29)14-22(23)28(36)33(27)30-15-19-7-12-25(24(13-19)34(37)38)39-16-26(35)31-21-9-5-17(2)6-10-21/h5-15,18H,4,16H2,1-3H3,(H,31,35)/t18-/m0/s1. The quantitative estimate of drug-likeness (QED) is 0.149. The molecule has 4 rings (SSSR count). The van der Waals surface area contributed by atoms with Crippen LogP contribution in [0.2, 0.25) is 0 Å². The number of nitrogens with zero attached hydrogens (tertiary/aromatic N) is 4. The second kappa shape index (κ2) is 12.0. The van der Waals surface area contributed by atoms with Crippen molar-refractivity contribution in [3.05, 3.63) is 103 Å². The molecule has 0 unspecified atom stereocenters. The number of hydrogen-bond donors (Lipinski definition) is 1. The van der Waals surface area contributed by atoms with Crippen molar-refractivity contribution in [1.29, 1.82) is 0 Å². The molecule has 3 aromatic carbocycles. The molecular weight excluding hydrogens is 566 g/mol. The summed E-state index contributed by atoms with van der Waals surface area (Å²) in [6.45, 7) is 5.46. The predicted molar refractivity (Wildman–Crippen MR) is 154 cm³/mol. The number of carbonyl (C=O) groups is 1. The van der Waals surface area contributed by atoms with Crippen LogP contribution >= 0.6 is 15.9 Å². The highest BCUT2D eigenvalue weighted by molar-refractivity contribution is 9.10. The summed E-state index contributed by atoms with van der Waals surface area (Å²) in [6, 6.07) is 16.7. The number of hydrogen-bond acceptors (Lipinski definition) is 7. The van der Waals surface area contributed by atoms with E-state index in [9.17, 15) is 19.7 Å². The van der Waals surface area contributed by atoms with E-state index in [1.807, 2.05) is 39.0 Å². The number of benzene rings is 3. The minimum Gasteiger partial charge on any atom is -0.477 e. The first-order valence-electron chi connectivity index (χ1n) is 12.2. The number of nitro benzene ring substituents is 1. The van der Waals surface area contributed by atoms with E-state index in [0.29, 0.717) is 28.0 Å². The van der Waals surface area contributed by atoms with Crippen molar-refractivity contribution >= 4 is 50.3 Å². The molecule has 0 aliphatic heterocycles. The third-order valence-electron chi connectivity index (χ3n) is 6.08. The fourth-order valence-electron chi connectivity index (χ4n) is 3.76. The molecule has 1 heterocycles. The fourth-order valence-corrected chi connectivity index (χ4v) is 4.12. The van der Waals surface area contributed by atoms with Crippen LogP contribution in [-0.4, -0.2) is 33.3 Å². The molecule has 0 spiro atoms. The van der Waals surface area contributed by atoms with E-state index in [-0.39, 0.29) is 22.9 Å². The number of aromatic nitrogens is 2. The summed E-state index contributed by atoms with van der Waals surface area (Å²) in [7, 11) is 0. The lowest BCUT2D eigenvalue weighted by atomic mass is 10.1. The summed E-state index contributed by atoms with van der Waals surface area (Å²) in [5, 5.41) is 19.2. The van der Waals surface area contributed by atoms with Gasteiger partial charge in [-0.05, 0) is 55.8 Å². The molecule has 4 aromatic rings. The number of halogens is 1. The van der Waals surface area contributed by atoms with Crippen molar-refractivity contribution in [3.63, 3.8) is 0 Å². The van der Waals surface area contributed by atoms with Crippen molar-refractivity contribution < 1.29 is 14.5 Å². The molecule has 10 nitrogen and oxygen atoms in total. The highest BCUT2D eigenvalue weighted by Crippen LogP contribution is 2.28. The van der Waals surface area contributed by atoms with Gasteiger partial charge in [0, 0.05) is 27.7 Å². The maximum absolute atomic E-state index is 13.3. The summed E-state index contributed by atoms with van der Waals surface area (Å²) in [4.78, 5) is 41.4. The average molecular weight is 592 g/mol. The third kappa shape index (κ3) is 6.55. The average Bonchev–Trinajstić information content (AvgIpc) is 2.92. The highest BCUT2D eigenvalue weighted by atomic mass is 79.9. The summed E-state index contributed by atoms with van der Waals surface area (Å²) < 4.78 is 7.42. The second-order valence-corrected chi connectivity index (χ2v) is 9.91. The van der Waals surface area contributed by atoms with Gasteiger partial charge in [0.1, 0.15) is 5.82 Å². The van der Waals surface area contributed by atoms with Crippen molar-refractivity contribution in [3.8, 4) is 5.75 Å². The van der Waals surface area contributed by atoms with Crippen LogP contribution in [0.3, 0.4) is 0 Å². The molecule has 0 fully saturated rings. The maximum Gasteiger partial charge on any atom is 0.311 e. The first-order valence-corrected chi connectivity index (χ1v) is 13.0. The number of amides is 1. The van der Waals surface area contributed by atoms with Gasteiger partial charge in [-0.3, -0.25) is 19.7 Å². The Kier molecular flexibility index (Phi) is 8.50. The van der Waals surface area contributed by atoms with Crippen molar-refractivity contribution in [2.24, 2.45) is 5.10 Å². The van der Waals surface area contributed by atoms with Crippen molar-refractivity contribution in [2.75, 3.05) is 11.9 Å². The molecule has 39 heavy (non-hydrogen) atoms. The Bertz CT molecular complexity index is 1630. The molecule has 1 N–H and O–H groups in total. The van der Waals surface area contributed by atoms with Crippen LogP contribution in [0, 0.1) is 17.0 Å². The molecule has 1 aromatic heterocycles. The Balaban J connectivity index is 1.59. The highest BCUT2D eigenvalue weighted by Gasteiger charge is 2.18. The van der Waals surface area contributed by atoms with Crippen molar-refractivity contribution in [1.82, 2.24) is 9.66 Å². The number of carbonyl (C=O) groups excluding carboxylic acids is 1. The fraction of sp³-hybridized carbons (Fsp3) is 0.214. The number of fused-ring (bicyclic) bond motifs is 1. The number of rotatable bonds is 9. The monoisotopic (exact) mass is 591 g/mol. The van der Waals surface area contributed by atoms with Crippen LogP contribution in [0.5, 0.6) is 5.75 Å². The number of aryl methyl sites for hydroxylation is 1. The van der Waals surface area contributed by atoms with Gasteiger partial charge in [0.15, 0.2) is 12.4 Å². The number of anilines is 1. The SMILES string of the molecule is CC[C@H](C)c1nc2ccc(Br)cc2c(=O)n1N=Cc1ccc(OCC(=O)Nc2ccc(C)cc2)c([N+](=O)[O-])c1. The number of nitro groups is 1. The van der Waals surface area contributed by atoms with Crippen molar-refractivity contribution in [2.45, 2.75) is 33.1 Å². The zero-order valence-electron chi connectivity index (χ0n) is 21.6. The molecule has 0 bridgehead atoms. The lowest BCUT2D eigenvalue weighted by molar-refractivity contribution is -0.385. The first kappa shape index (κ1) is 27.6. The van der Waals surface area contributed by atoms with E-state index >= 15 is 0 Å². The van der Waals surface area contributed by atoms with Gasteiger partial charge in [-0.2, -0.15) is 9.78 Å². The number of ether oxygens (including phenoxy) is 1. The van der Waals surface area contributed by atoms with Gasteiger partial charge in [-0.25, -0.2) is 4.98 Å². The zero-order valence-corrected chi connectivity index (χ0v) is 23.1. The number of nitrogens with one attached hydrogen (secondary N) is 1. The van der Waals surface area contributed by atoms with E-state index in [2.05, 4.69) is 31.3 Å². The minimum atomic E-state index is -0.601. The molecule has 200 valence electrons. The van der Waals surface area contributed by atoms with Crippen LogP contribution in [0.1, 0.15) is 43.1 Å². The lowest BCUT2D eigenvalue weighted by Gasteiger charge is -2.14. The van der Waals surface area contributed by atoms with Crippen LogP contribution < -0.4 is 15.6 Å². The van der Waals surface area contributed by atoms with Gasteiger partial charge in [0.25, 0.3) is 11.5 Å². The van der Waals surface area contributed by atoms with Gasteiger partial charge in [-0.15, -0.1) is 0 Å². The maximum atomic E-state index is 13.3. The Hall–Kier alpha value is -4.38. The second-order valence-electron chi connectivity index (χ2n) is 8.99. The normalized spacial score (nSPS) is 12.0. The zero-order chi connectivity index (χ0) is 28.1.